The largest absolute Gasteiger partial charge is 0.354 e. The van der Waals surface area contributed by atoms with E-state index in [1.807, 2.05) is 18.2 Å². The van der Waals surface area contributed by atoms with Crippen molar-refractivity contribution in [2.24, 2.45) is 0 Å². The summed E-state index contributed by atoms with van der Waals surface area (Å²) >= 11 is 0. The molecule has 1 aromatic rings. The molecule has 5 nitrogen and oxygen atoms in total. The summed E-state index contributed by atoms with van der Waals surface area (Å²) in [6.45, 7) is 1.34. The molecular formula is C15H19N3O2. The Morgan fingerprint density at radius 2 is 2.10 bits per heavy atom. The smallest absolute Gasteiger partial charge is 0.242 e. The third kappa shape index (κ3) is 2.67. The van der Waals surface area contributed by atoms with Gasteiger partial charge in [-0.05, 0) is 24.0 Å². The Balaban J connectivity index is 1.67. The van der Waals surface area contributed by atoms with Crippen LogP contribution >= 0.6 is 0 Å². The molecule has 0 spiro atoms. The van der Waals surface area contributed by atoms with Gasteiger partial charge in [0.15, 0.2) is 0 Å². The highest BCUT2D eigenvalue weighted by Gasteiger charge is 2.28. The van der Waals surface area contributed by atoms with Gasteiger partial charge in [-0.3, -0.25) is 9.59 Å². The minimum absolute atomic E-state index is 0.00158. The summed E-state index contributed by atoms with van der Waals surface area (Å²) < 4.78 is 0. The topological polar surface area (TPSA) is 70.2 Å². The van der Waals surface area contributed by atoms with Crippen LogP contribution in [0.3, 0.4) is 0 Å². The maximum atomic E-state index is 12.4. The molecule has 0 radical (unpaired) electrons. The van der Waals surface area contributed by atoms with Gasteiger partial charge in [0.05, 0.1) is 0 Å². The zero-order valence-electron chi connectivity index (χ0n) is 11.3. The predicted octanol–water partition coefficient (Wildman–Crippen LogP) is 0.268. The first-order valence-electron chi connectivity index (χ1n) is 7.12. The second-order valence-electron chi connectivity index (χ2n) is 5.38. The molecule has 2 unspecified atom stereocenters. The van der Waals surface area contributed by atoms with E-state index in [4.69, 9.17) is 0 Å². The van der Waals surface area contributed by atoms with E-state index in [0.717, 1.165) is 18.5 Å². The van der Waals surface area contributed by atoms with Crippen LogP contribution in [-0.4, -0.2) is 30.9 Å². The summed E-state index contributed by atoms with van der Waals surface area (Å²) in [4.78, 5) is 23.5. The van der Waals surface area contributed by atoms with Gasteiger partial charge in [0.2, 0.25) is 11.8 Å². The van der Waals surface area contributed by atoms with Gasteiger partial charge < -0.3 is 16.0 Å². The van der Waals surface area contributed by atoms with Gasteiger partial charge in [0.25, 0.3) is 0 Å². The molecule has 106 valence electrons. The van der Waals surface area contributed by atoms with Crippen LogP contribution in [0.15, 0.2) is 24.3 Å². The summed E-state index contributed by atoms with van der Waals surface area (Å²) in [5.74, 6) is 0.0648. The Morgan fingerprint density at radius 3 is 2.90 bits per heavy atom. The van der Waals surface area contributed by atoms with Crippen molar-refractivity contribution in [3.8, 4) is 0 Å². The van der Waals surface area contributed by atoms with Gasteiger partial charge in [-0.25, -0.2) is 0 Å². The number of fused-ring (bicyclic) bond motifs is 1. The van der Waals surface area contributed by atoms with Crippen LogP contribution in [0.1, 0.15) is 30.0 Å². The highest BCUT2D eigenvalue weighted by atomic mass is 16.2. The van der Waals surface area contributed by atoms with Gasteiger partial charge in [-0.1, -0.05) is 24.3 Å². The van der Waals surface area contributed by atoms with E-state index >= 15 is 0 Å². The molecule has 0 bridgehead atoms. The zero-order chi connectivity index (χ0) is 13.9. The van der Waals surface area contributed by atoms with Crippen molar-refractivity contribution in [2.45, 2.75) is 31.3 Å². The number of nitrogens with one attached hydrogen (secondary N) is 3. The molecule has 20 heavy (non-hydrogen) atoms. The molecule has 3 rings (SSSR count). The Kier molecular flexibility index (Phi) is 3.69. The summed E-state index contributed by atoms with van der Waals surface area (Å²) in [6.07, 6.45) is 2.16. The number of piperidine rings is 1. The van der Waals surface area contributed by atoms with E-state index in [9.17, 15) is 9.59 Å². The number of hydrogen-bond acceptors (Lipinski definition) is 3. The molecule has 5 heteroatoms. The molecule has 1 aromatic carbocycles. The van der Waals surface area contributed by atoms with Crippen molar-refractivity contribution in [2.75, 3.05) is 13.1 Å². The summed E-state index contributed by atoms with van der Waals surface area (Å²) in [7, 11) is 0. The van der Waals surface area contributed by atoms with Crippen LogP contribution < -0.4 is 16.0 Å². The fourth-order valence-corrected chi connectivity index (χ4v) is 2.88. The molecule has 2 heterocycles. The number of carbonyl (C=O) groups excluding carboxylic acids is 2. The summed E-state index contributed by atoms with van der Waals surface area (Å²) in [6, 6.07) is 7.82. The average molecular weight is 273 g/mol. The van der Waals surface area contributed by atoms with E-state index in [1.165, 1.54) is 5.56 Å². The lowest BCUT2D eigenvalue weighted by molar-refractivity contribution is -0.127. The lowest BCUT2D eigenvalue weighted by Gasteiger charge is -2.29. The monoisotopic (exact) mass is 273 g/mol. The van der Waals surface area contributed by atoms with Gasteiger partial charge in [-0.2, -0.15) is 0 Å². The van der Waals surface area contributed by atoms with Crippen molar-refractivity contribution in [3.63, 3.8) is 0 Å². The van der Waals surface area contributed by atoms with Crippen LogP contribution in [0.2, 0.25) is 0 Å². The maximum absolute atomic E-state index is 12.4. The number of hydrogen-bond donors (Lipinski definition) is 3. The van der Waals surface area contributed by atoms with Crippen molar-refractivity contribution in [1.29, 1.82) is 0 Å². The van der Waals surface area contributed by atoms with Gasteiger partial charge in [0.1, 0.15) is 6.04 Å². The third-order valence-electron chi connectivity index (χ3n) is 3.98. The number of amides is 2. The second kappa shape index (κ2) is 5.63. The Bertz CT molecular complexity index is 520. The van der Waals surface area contributed by atoms with Crippen molar-refractivity contribution < 1.29 is 9.59 Å². The molecule has 0 aliphatic carbocycles. The Morgan fingerprint density at radius 1 is 1.25 bits per heavy atom. The predicted molar refractivity (Wildman–Crippen MR) is 75.1 cm³/mol. The van der Waals surface area contributed by atoms with Crippen LogP contribution in [-0.2, 0) is 16.0 Å². The SMILES string of the molecule is O=C1CCC(NC(=O)C2NCCc3ccccc32)CN1. The van der Waals surface area contributed by atoms with Gasteiger partial charge in [0, 0.05) is 25.6 Å². The van der Waals surface area contributed by atoms with E-state index in [2.05, 4.69) is 22.0 Å². The van der Waals surface area contributed by atoms with E-state index in [0.29, 0.717) is 19.4 Å². The standard InChI is InChI=1S/C15H19N3O2/c19-13-6-5-11(9-17-13)18-15(20)14-12-4-2-1-3-10(12)7-8-16-14/h1-4,11,14,16H,5-9H2,(H,17,19)(H,18,20). The molecule has 0 saturated carbocycles. The molecule has 3 N–H and O–H groups in total. The first-order chi connectivity index (χ1) is 9.74. The van der Waals surface area contributed by atoms with Crippen LogP contribution in [0.25, 0.3) is 0 Å². The molecule has 2 amide bonds. The number of carbonyl (C=O) groups is 2. The fourth-order valence-electron chi connectivity index (χ4n) is 2.88. The Labute approximate surface area is 118 Å². The fraction of sp³-hybridized carbons (Fsp3) is 0.467. The quantitative estimate of drug-likeness (QED) is 0.724. The lowest BCUT2D eigenvalue weighted by atomic mass is 9.93. The van der Waals surface area contributed by atoms with E-state index < -0.39 is 0 Å². The normalized spacial score (nSPS) is 25.5. The summed E-state index contributed by atoms with van der Waals surface area (Å²) in [5, 5.41) is 9.09. The highest BCUT2D eigenvalue weighted by Crippen LogP contribution is 2.23. The molecule has 1 saturated heterocycles. The van der Waals surface area contributed by atoms with E-state index in [1.54, 1.807) is 0 Å². The third-order valence-corrected chi connectivity index (χ3v) is 3.98. The highest BCUT2D eigenvalue weighted by molar-refractivity contribution is 5.84. The Hall–Kier alpha value is -1.88. The summed E-state index contributed by atoms with van der Waals surface area (Å²) in [5.41, 5.74) is 2.31. The molecule has 2 atom stereocenters. The van der Waals surface area contributed by atoms with Crippen molar-refractivity contribution >= 4 is 11.8 Å². The number of rotatable bonds is 2. The first-order valence-corrected chi connectivity index (χ1v) is 7.12. The molecule has 2 aliphatic rings. The first kappa shape index (κ1) is 13.1. The van der Waals surface area contributed by atoms with Gasteiger partial charge in [-0.15, -0.1) is 0 Å². The van der Waals surface area contributed by atoms with E-state index in [-0.39, 0.29) is 23.9 Å². The second-order valence-corrected chi connectivity index (χ2v) is 5.38. The van der Waals surface area contributed by atoms with Gasteiger partial charge >= 0.3 is 0 Å². The molecule has 1 fully saturated rings. The van der Waals surface area contributed by atoms with Crippen LogP contribution in [0.5, 0.6) is 0 Å². The molecule has 2 aliphatic heterocycles. The van der Waals surface area contributed by atoms with Crippen LogP contribution in [0, 0.1) is 0 Å². The van der Waals surface area contributed by atoms with Crippen LogP contribution in [0.4, 0.5) is 0 Å². The average Bonchev–Trinajstić information content (AvgIpc) is 2.49. The minimum Gasteiger partial charge on any atom is -0.354 e. The lowest BCUT2D eigenvalue weighted by Crippen LogP contribution is -2.51. The minimum atomic E-state index is -0.280. The maximum Gasteiger partial charge on any atom is 0.242 e. The molecule has 0 aromatic heterocycles. The van der Waals surface area contributed by atoms with Crippen molar-refractivity contribution in [1.82, 2.24) is 16.0 Å². The number of benzene rings is 1. The molecular weight excluding hydrogens is 254 g/mol. The van der Waals surface area contributed by atoms with Crippen molar-refractivity contribution in [3.05, 3.63) is 35.4 Å². The zero-order valence-corrected chi connectivity index (χ0v) is 11.3.